The minimum Gasteiger partial charge on any atom is -0.360 e. The van der Waals surface area contributed by atoms with E-state index in [9.17, 15) is 0 Å². The first kappa shape index (κ1) is 12.0. The van der Waals surface area contributed by atoms with Gasteiger partial charge in [0.2, 0.25) is 0 Å². The lowest BCUT2D eigenvalue weighted by molar-refractivity contribution is 0.723. The number of nitrogens with zero attached hydrogens (tertiary/aromatic N) is 2. The average molecular weight is 207 g/mol. The minimum absolute atomic E-state index is 0.904. The molecule has 1 aromatic rings. The molecule has 0 bridgehead atoms. The summed E-state index contributed by atoms with van der Waals surface area (Å²) in [5.74, 6) is 1.05. The van der Waals surface area contributed by atoms with Crippen molar-refractivity contribution in [3.63, 3.8) is 0 Å². The molecule has 0 amide bonds. The van der Waals surface area contributed by atoms with Gasteiger partial charge in [0, 0.05) is 26.3 Å². The third-order valence-corrected chi connectivity index (χ3v) is 2.34. The summed E-state index contributed by atoms with van der Waals surface area (Å²) in [5, 5.41) is 3.28. The molecule has 1 heterocycles. The van der Waals surface area contributed by atoms with Gasteiger partial charge in [-0.2, -0.15) is 0 Å². The fraction of sp³-hybridized carbons (Fsp3) is 0.583. The van der Waals surface area contributed by atoms with Crippen LogP contribution in [0.2, 0.25) is 0 Å². The summed E-state index contributed by atoms with van der Waals surface area (Å²) in [7, 11) is 2.08. The van der Waals surface area contributed by atoms with Gasteiger partial charge in [0.15, 0.2) is 0 Å². The van der Waals surface area contributed by atoms with E-state index >= 15 is 0 Å². The number of aromatic nitrogens is 1. The monoisotopic (exact) mass is 207 g/mol. The second-order valence-corrected chi connectivity index (χ2v) is 3.73. The van der Waals surface area contributed by atoms with Gasteiger partial charge in [-0.15, -0.1) is 0 Å². The van der Waals surface area contributed by atoms with Crippen LogP contribution in [0.1, 0.15) is 25.8 Å². The van der Waals surface area contributed by atoms with Gasteiger partial charge in [0.1, 0.15) is 5.82 Å². The highest BCUT2D eigenvalue weighted by Gasteiger charge is 2.00. The molecule has 0 aliphatic rings. The lowest BCUT2D eigenvalue weighted by Crippen LogP contribution is -2.19. The maximum absolute atomic E-state index is 4.44. The molecule has 84 valence electrons. The highest BCUT2D eigenvalue weighted by molar-refractivity contribution is 5.38. The molecule has 3 nitrogen and oxygen atoms in total. The van der Waals surface area contributed by atoms with Crippen molar-refractivity contribution in [1.82, 2.24) is 10.3 Å². The second-order valence-electron chi connectivity index (χ2n) is 3.73. The zero-order valence-electron chi connectivity index (χ0n) is 9.95. The van der Waals surface area contributed by atoms with Crippen molar-refractivity contribution in [3.05, 3.63) is 23.9 Å². The highest BCUT2D eigenvalue weighted by Crippen LogP contribution is 2.09. The molecule has 0 aromatic carbocycles. The van der Waals surface area contributed by atoms with E-state index in [-0.39, 0.29) is 0 Å². The van der Waals surface area contributed by atoms with Gasteiger partial charge < -0.3 is 10.2 Å². The van der Waals surface area contributed by atoms with E-state index in [4.69, 9.17) is 0 Å². The summed E-state index contributed by atoms with van der Waals surface area (Å²) < 4.78 is 0. The third kappa shape index (κ3) is 3.88. The Morgan fingerprint density at radius 1 is 1.33 bits per heavy atom. The Balaban J connectivity index is 2.55. The molecule has 0 radical (unpaired) electrons. The molecule has 1 N–H and O–H groups in total. The molecule has 15 heavy (non-hydrogen) atoms. The van der Waals surface area contributed by atoms with Gasteiger partial charge in [0.25, 0.3) is 0 Å². The maximum Gasteiger partial charge on any atom is 0.128 e. The fourth-order valence-electron chi connectivity index (χ4n) is 1.47. The third-order valence-electron chi connectivity index (χ3n) is 2.34. The van der Waals surface area contributed by atoms with Crippen molar-refractivity contribution in [1.29, 1.82) is 0 Å². The lowest BCUT2D eigenvalue weighted by Gasteiger charge is -2.17. The molecule has 0 aliphatic heterocycles. The van der Waals surface area contributed by atoms with Crippen molar-refractivity contribution in [3.8, 4) is 0 Å². The van der Waals surface area contributed by atoms with E-state index < -0.39 is 0 Å². The molecule has 0 saturated heterocycles. The number of hydrogen-bond acceptors (Lipinski definition) is 3. The molecular formula is C12H21N3. The van der Waals surface area contributed by atoms with Crippen LogP contribution in [-0.4, -0.2) is 25.1 Å². The van der Waals surface area contributed by atoms with Crippen LogP contribution in [-0.2, 0) is 6.54 Å². The summed E-state index contributed by atoms with van der Waals surface area (Å²) in [6, 6.07) is 4.22. The van der Waals surface area contributed by atoms with E-state index in [2.05, 4.69) is 48.2 Å². The molecule has 1 aromatic heterocycles. The van der Waals surface area contributed by atoms with Gasteiger partial charge in [-0.1, -0.05) is 19.9 Å². The summed E-state index contributed by atoms with van der Waals surface area (Å²) >= 11 is 0. The van der Waals surface area contributed by atoms with Crippen molar-refractivity contribution < 1.29 is 0 Å². The minimum atomic E-state index is 0.904. The number of pyridine rings is 1. The van der Waals surface area contributed by atoms with Crippen LogP contribution in [0.3, 0.4) is 0 Å². The van der Waals surface area contributed by atoms with Crippen molar-refractivity contribution in [2.75, 3.05) is 25.0 Å². The Morgan fingerprint density at radius 3 is 2.67 bits per heavy atom. The van der Waals surface area contributed by atoms with Crippen LogP contribution >= 0.6 is 0 Å². The van der Waals surface area contributed by atoms with Gasteiger partial charge in [-0.05, 0) is 24.6 Å². The lowest BCUT2D eigenvalue weighted by atomic mass is 10.2. The second kappa shape index (κ2) is 6.40. The number of hydrogen-bond donors (Lipinski definition) is 1. The van der Waals surface area contributed by atoms with Gasteiger partial charge in [0.05, 0.1) is 0 Å². The Hall–Kier alpha value is -1.09. The smallest absolute Gasteiger partial charge is 0.128 e. The maximum atomic E-state index is 4.44. The molecule has 0 aliphatic carbocycles. The molecule has 0 atom stereocenters. The zero-order valence-corrected chi connectivity index (χ0v) is 9.95. The highest BCUT2D eigenvalue weighted by atomic mass is 15.2. The predicted molar refractivity (Wildman–Crippen MR) is 65.2 cm³/mol. The van der Waals surface area contributed by atoms with Crippen LogP contribution in [0.4, 0.5) is 5.82 Å². The van der Waals surface area contributed by atoms with Crippen molar-refractivity contribution >= 4 is 5.82 Å². The Labute approximate surface area is 92.5 Å². The summed E-state index contributed by atoms with van der Waals surface area (Å²) in [6.07, 6.45) is 3.10. The van der Waals surface area contributed by atoms with E-state index in [1.807, 2.05) is 6.20 Å². The molecular weight excluding hydrogens is 186 g/mol. The Kier molecular flexibility index (Phi) is 5.12. The van der Waals surface area contributed by atoms with Gasteiger partial charge >= 0.3 is 0 Å². The zero-order chi connectivity index (χ0) is 11.1. The van der Waals surface area contributed by atoms with Crippen LogP contribution in [0.25, 0.3) is 0 Å². The summed E-state index contributed by atoms with van der Waals surface area (Å²) in [5.41, 5.74) is 1.24. The van der Waals surface area contributed by atoms with E-state index in [1.165, 1.54) is 5.56 Å². The topological polar surface area (TPSA) is 28.2 Å². The van der Waals surface area contributed by atoms with E-state index in [0.717, 1.165) is 31.9 Å². The first-order valence-electron chi connectivity index (χ1n) is 5.64. The SMILES string of the molecule is CCCN(C)c1ccc(CNCC)cn1. The molecule has 0 unspecified atom stereocenters. The first-order valence-corrected chi connectivity index (χ1v) is 5.64. The standard InChI is InChI=1S/C12H21N3/c1-4-8-15(3)12-7-6-11(10-14-12)9-13-5-2/h6-7,10,13H,4-5,8-9H2,1-3H3. The van der Waals surface area contributed by atoms with Crippen LogP contribution in [0.15, 0.2) is 18.3 Å². The van der Waals surface area contributed by atoms with Crippen LogP contribution in [0, 0.1) is 0 Å². The van der Waals surface area contributed by atoms with E-state index in [0.29, 0.717) is 0 Å². The largest absolute Gasteiger partial charge is 0.360 e. The fourth-order valence-corrected chi connectivity index (χ4v) is 1.47. The van der Waals surface area contributed by atoms with Crippen LogP contribution < -0.4 is 10.2 Å². The first-order chi connectivity index (χ1) is 7.27. The van der Waals surface area contributed by atoms with Crippen molar-refractivity contribution in [2.24, 2.45) is 0 Å². The molecule has 0 fully saturated rings. The average Bonchev–Trinajstić information content (AvgIpc) is 2.27. The molecule has 0 saturated carbocycles. The number of nitrogens with one attached hydrogen (secondary N) is 1. The van der Waals surface area contributed by atoms with Crippen molar-refractivity contribution in [2.45, 2.75) is 26.8 Å². The predicted octanol–water partition coefficient (Wildman–Crippen LogP) is 2.04. The molecule has 1 rings (SSSR count). The number of rotatable bonds is 6. The summed E-state index contributed by atoms with van der Waals surface area (Å²) in [4.78, 5) is 6.61. The number of anilines is 1. The Bertz CT molecular complexity index is 269. The van der Waals surface area contributed by atoms with E-state index in [1.54, 1.807) is 0 Å². The quantitative estimate of drug-likeness (QED) is 0.773. The Morgan fingerprint density at radius 2 is 2.13 bits per heavy atom. The molecule has 0 spiro atoms. The van der Waals surface area contributed by atoms with Gasteiger partial charge in [-0.25, -0.2) is 4.98 Å². The normalized spacial score (nSPS) is 10.3. The molecule has 3 heteroatoms. The summed E-state index contributed by atoms with van der Waals surface area (Å²) in [6.45, 7) is 7.24. The van der Waals surface area contributed by atoms with Gasteiger partial charge in [-0.3, -0.25) is 0 Å². The van der Waals surface area contributed by atoms with Crippen LogP contribution in [0.5, 0.6) is 0 Å².